The van der Waals surface area contributed by atoms with Gasteiger partial charge in [-0.15, -0.1) is 0 Å². The van der Waals surface area contributed by atoms with Crippen molar-refractivity contribution in [2.24, 2.45) is 5.73 Å². The van der Waals surface area contributed by atoms with Gasteiger partial charge in [0, 0.05) is 10.7 Å². The highest BCUT2D eigenvalue weighted by atomic mass is 35.5. The Bertz CT molecular complexity index is 202. The van der Waals surface area contributed by atoms with Crippen molar-refractivity contribution in [3.63, 3.8) is 0 Å². The van der Waals surface area contributed by atoms with Crippen LogP contribution in [0.1, 0.15) is 20.3 Å². The molecule has 0 saturated carbocycles. The molecule has 0 atom stereocenters. The summed E-state index contributed by atoms with van der Waals surface area (Å²) < 4.78 is 0. The number of halogens is 1. The maximum atomic E-state index is 5.59. The largest absolute Gasteiger partial charge is 0.399 e. The van der Waals surface area contributed by atoms with Crippen molar-refractivity contribution in [1.82, 2.24) is 0 Å². The highest BCUT2D eigenvalue weighted by molar-refractivity contribution is 6.30. The Labute approximate surface area is 73.2 Å². The van der Waals surface area contributed by atoms with Gasteiger partial charge in [0.15, 0.2) is 0 Å². The number of hydrogen-bond donors (Lipinski definition) is 1. The van der Waals surface area contributed by atoms with Crippen molar-refractivity contribution in [3.05, 3.63) is 35.0 Å². The number of nitrogens with two attached hydrogens (primary N) is 1. The maximum absolute atomic E-state index is 5.59. The van der Waals surface area contributed by atoms with Crippen LogP contribution in [0, 0.1) is 0 Å². The van der Waals surface area contributed by atoms with Crippen LogP contribution in [0.4, 0.5) is 0 Å². The molecule has 0 saturated heterocycles. The summed E-state index contributed by atoms with van der Waals surface area (Å²) in [6.45, 7) is 7.61. The molecule has 0 bridgehead atoms. The molecule has 2 N–H and O–H groups in total. The van der Waals surface area contributed by atoms with Crippen LogP contribution in [0.5, 0.6) is 0 Å². The Morgan fingerprint density at radius 1 is 1.55 bits per heavy atom. The first-order valence-corrected chi connectivity index (χ1v) is 3.92. The third kappa shape index (κ3) is 5.74. The lowest BCUT2D eigenvalue weighted by atomic mass is 10.2. The van der Waals surface area contributed by atoms with Gasteiger partial charge in [-0.05, 0) is 25.5 Å². The van der Waals surface area contributed by atoms with Crippen LogP contribution >= 0.6 is 11.6 Å². The molecule has 0 aliphatic heterocycles. The van der Waals surface area contributed by atoms with E-state index in [1.165, 1.54) is 5.57 Å². The molecule has 1 nitrogen and oxygen atoms in total. The summed E-state index contributed by atoms with van der Waals surface area (Å²) in [7, 11) is 0. The van der Waals surface area contributed by atoms with E-state index >= 15 is 0 Å². The van der Waals surface area contributed by atoms with Gasteiger partial charge in [-0.1, -0.05) is 30.7 Å². The lowest BCUT2D eigenvalue weighted by molar-refractivity contribution is 1.09. The maximum Gasteiger partial charge on any atom is 0.0354 e. The minimum atomic E-state index is 0.461. The van der Waals surface area contributed by atoms with Crippen LogP contribution in [0.25, 0.3) is 0 Å². The molecule has 0 aromatic carbocycles. The summed E-state index contributed by atoms with van der Waals surface area (Å²) in [6.07, 6.45) is 4.54. The summed E-state index contributed by atoms with van der Waals surface area (Å²) in [6, 6.07) is 0. The van der Waals surface area contributed by atoms with E-state index in [-0.39, 0.29) is 0 Å². The molecule has 0 amide bonds. The zero-order valence-electron chi connectivity index (χ0n) is 7.02. The SMILES string of the molecule is C=C(Cl)/C=C(N)\C=C(/C)CC. The molecule has 0 spiro atoms. The van der Waals surface area contributed by atoms with Crippen LogP contribution in [0.3, 0.4) is 0 Å². The van der Waals surface area contributed by atoms with Crippen LogP contribution in [0.15, 0.2) is 35.0 Å². The molecule has 0 aliphatic rings. The molecule has 0 rings (SSSR count). The fourth-order valence-electron chi connectivity index (χ4n) is 0.609. The molecule has 0 aliphatic carbocycles. The Balaban J connectivity index is 4.26. The van der Waals surface area contributed by atoms with E-state index in [4.69, 9.17) is 17.3 Å². The van der Waals surface area contributed by atoms with Crippen molar-refractivity contribution in [1.29, 1.82) is 0 Å². The van der Waals surface area contributed by atoms with Gasteiger partial charge in [0.2, 0.25) is 0 Å². The van der Waals surface area contributed by atoms with Gasteiger partial charge in [-0.2, -0.15) is 0 Å². The molecule has 0 radical (unpaired) electrons. The second-order valence-corrected chi connectivity index (χ2v) is 2.92. The molecular formula is C9H14ClN. The molecule has 0 aromatic heterocycles. The smallest absolute Gasteiger partial charge is 0.0354 e. The quantitative estimate of drug-likeness (QED) is 0.650. The zero-order valence-corrected chi connectivity index (χ0v) is 7.78. The van der Waals surface area contributed by atoms with Crippen LogP contribution < -0.4 is 5.73 Å². The zero-order chi connectivity index (χ0) is 8.85. The first kappa shape index (κ1) is 10.3. The van der Waals surface area contributed by atoms with Crippen LogP contribution in [-0.4, -0.2) is 0 Å². The Morgan fingerprint density at radius 2 is 2.09 bits per heavy atom. The summed E-state index contributed by atoms with van der Waals surface area (Å²) in [5.74, 6) is 0. The topological polar surface area (TPSA) is 26.0 Å². The minimum absolute atomic E-state index is 0.461. The molecular weight excluding hydrogens is 158 g/mol. The van der Waals surface area contributed by atoms with Crippen molar-refractivity contribution in [3.8, 4) is 0 Å². The third-order valence-corrected chi connectivity index (χ3v) is 1.40. The minimum Gasteiger partial charge on any atom is -0.399 e. The average Bonchev–Trinajstić information content (AvgIpc) is 1.85. The average molecular weight is 172 g/mol. The van der Waals surface area contributed by atoms with Crippen molar-refractivity contribution < 1.29 is 0 Å². The van der Waals surface area contributed by atoms with Gasteiger partial charge >= 0.3 is 0 Å². The molecule has 11 heavy (non-hydrogen) atoms. The third-order valence-electron chi connectivity index (χ3n) is 1.29. The number of allylic oxidation sites excluding steroid dienone is 4. The van der Waals surface area contributed by atoms with E-state index in [9.17, 15) is 0 Å². The van der Waals surface area contributed by atoms with Gasteiger partial charge in [-0.3, -0.25) is 0 Å². The van der Waals surface area contributed by atoms with Gasteiger partial charge < -0.3 is 5.73 Å². The molecule has 62 valence electrons. The van der Waals surface area contributed by atoms with Crippen molar-refractivity contribution in [2.75, 3.05) is 0 Å². The molecule has 0 fully saturated rings. The van der Waals surface area contributed by atoms with Gasteiger partial charge in [0.1, 0.15) is 0 Å². The van der Waals surface area contributed by atoms with E-state index < -0.39 is 0 Å². The highest BCUT2D eigenvalue weighted by Gasteiger charge is 1.87. The summed E-state index contributed by atoms with van der Waals surface area (Å²) in [4.78, 5) is 0. The van der Waals surface area contributed by atoms with E-state index in [0.29, 0.717) is 10.7 Å². The molecule has 0 aromatic rings. The monoisotopic (exact) mass is 171 g/mol. The number of hydrogen-bond acceptors (Lipinski definition) is 1. The lowest BCUT2D eigenvalue weighted by Gasteiger charge is -1.95. The Morgan fingerprint density at radius 3 is 2.45 bits per heavy atom. The standard InChI is InChI=1S/C9H14ClN/c1-4-7(2)5-9(11)6-8(3)10/h5-6H,3-4,11H2,1-2H3/b7-5+,9-6+. The molecule has 0 heterocycles. The molecule has 0 unspecified atom stereocenters. The van der Waals surface area contributed by atoms with Crippen molar-refractivity contribution in [2.45, 2.75) is 20.3 Å². The van der Waals surface area contributed by atoms with E-state index in [0.717, 1.165) is 6.42 Å². The van der Waals surface area contributed by atoms with E-state index in [1.54, 1.807) is 6.08 Å². The lowest BCUT2D eigenvalue weighted by Crippen LogP contribution is -1.93. The Kier molecular flexibility index (Phi) is 4.71. The molecule has 2 heteroatoms. The van der Waals surface area contributed by atoms with E-state index in [1.807, 2.05) is 13.0 Å². The highest BCUT2D eigenvalue weighted by Crippen LogP contribution is 2.05. The normalized spacial score (nSPS) is 13.4. The van der Waals surface area contributed by atoms with Gasteiger partial charge in [0.25, 0.3) is 0 Å². The van der Waals surface area contributed by atoms with Crippen LogP contribution in [-0.2, 0) is 0 Å². The van der Waals surface area contributed by atoms with Gasteiger partial charge in [0.05, 0.1) is 0 Å². The van der Waals surface area contributed by atoms with Gasteiger partial charge in [-0.25, -0.2) is 0 Å². The number of rotatable bonds is 3. The van der Waals surface area contributed by atoms with Crippen LogP contribution in [0.2, 0.25) is 0 Å². The fourth-order valence-corrected chi connectivity index (χ4v) is 0.735. The first-order chi connectivity index (χ1) is 5.06. The predicted octanol–water partition coefficient (Wildman–Crippen LogP) is 2.94. The second kappa shape index (κ2) is 5.03. The first-order valence-electron chi connectivity index (χ1n) is 3.55. The van der Waals surface area contributed by atoms with Crippen molar-refractivity contribution >= 4 is 11.6 Å². The summed E-state index contributed by atoms with van der Waals surface area (Å²) >= 11 is 5.52. The van der Waals surface area contributed by atoms with E-state index in [2.05, 4.69) is 13.5 Å². The summed E-state index contributed by atoms with van der Waals surface area (Å²) in [5.41, 5.74) is 7.48. The Hall–Kier alpha value is -0.690. The summed E-state index contributed by atoms with van der Waals surface area (Å²) in [5, 5.41) is 0.461. The second-order valence-electron chi connectivity index (χ2n) is 2.44. The fraction of sp³-hybridized carbons (Fsp3) is 0.333. The predicted molar refractivity (Wildman–Crippen MR) is 51.3 cm³/mol.